The molecule has 2 N–H and O–H groups in total. The first-order chi connectivity index (χ1) is 9.97. The molecule has 0 spiro atoms. The second-order valence-corrected chi connectivity index (χ2v) is 6.57. The van der Waals surface area contributed by atoms with Gasteiger partial charge in [-0.25, -0.2) is 4.79 Å². The van der Waals surface area contributed by atoms with Gasteiger partial charge in [-0.2, -0.15) is 0 Å². The van der Waals surface area contributed by atoms with Crippen molar-refractivity contribution >= 4 is 39.2 Å². The predicted molar refractivity (Wildman–Crippen MR) is 87.1 cm³/mol. The second kappa shape index (κ2) is 6.62. The number of likely N-dealkylation sites (N-methyl/N-ethyl adjacent to an activating group) is 1. The fourth-order valence-electron chi connectivity index (χ4n) is 2.35. The molecule has 5 nitrogen and oxygen atoms in total. The molecule has 0 saturated heterocycles. The van der Waals surface area contributed by atoms with E-state index in [0.29, 0.717) is 24.4 Å². The number of hydrogen-bond acceptors (Lipinski definition) is 3. The van der Waals surface area contributed by atoms with Crippen molar-refractivity contribution in [1.82, 2.24) is 15.5 Å². The molecule has 21 heavy (non-hydrogen) atoms. The fraction of sp³-hybridized carbons (Fsp3) is 0.429. The molecule has 114 valence electrons. The molecule has 1 aliphatic heterocycles. The third kappa shape index (κ3) is 3.29. The monoisotopic (exact) mass is 371 g/mol. The average Bonchev–Trinajstić information content (AvgIpc) is 2.85. The highest BCUT2D eigenvalue weighted by Gasteiger charge is 2.33. The van der Waals surface area contributed by atoms with Crippen LogP contribution in [0.15, 0.2) is 27.2 Å². The first-order valence-electron chi connectivity index (χ1n) is 6.79. The van der Waals surface area contributed by atoms with Crippen molar-refractivity contribution in [1.29, 1.82) is 0 Å². The number of nitrogens with one attached hydrogen (secondary N) is 2. The van der Waals surface area contributed by atoms with Crippen molar-refractivity contribution in [2.45, 2.75) is 26.8 Å². The van der Waals surface area contributed by atoms with Crippen LogP contribution in [0.25, 0.3) is 0 Å². The Hall–Kier alpha value is -1.34. The molecule has 0 fully saturated rings. The lowest BCUT2D eigenvalue weighted by molar-refractivity contribution is -0.127. The van der Waals surface area contributed by atoms with Crippen molar-refractivity contribution < 1.29 is 9.59 Å². The van der Waals surface area contributed by atoms with Crippen LogP contribution in [-0.2, 0) is 4.79 Å². The Morgan fingerprint density at radius 3 is 2.62 bits per heavy atom. The summed E-state index contributed by atoms with van der Waals surface area (Å²) in [6.07, 6.45) is 0. The molecule has 2 heterocycles. The zero-order valence-electron chi connectivity index (χ0n) is 12.2. The van der Waals surface area contributed by atoms with Gasteiger partial charge in [0.2, 0.25) is 0 Å². The molecule has 0 radical (unpaired) electrons. The van der Waals surface area contributed by atoms with Gasteiger partial charge in [0.05, 0.1) is 11.6 Å². The highest BCUT2D eigenvalue weighted by Crippen LogP contribution is 2.33. The molecule has 1 atom stereocenters. The van der Waals surface area contributed by atoms with Crippen LogP contribution < -0.4 is 10.6 Å². The lowest BCUT2D eigenvalue weighted by atomic mass is 10.00. The fourth-order valence-corrected chi connectivity index (χ4v) is 3.85. The standard InChI is InChI=1S/C14H18BrN3O2S/c1-4-18(5-2)13(19)11-8(3)16-14(20)17-12(11)10-6-9(15)7-21-10/h6-7,12H,4-5H2,1-3H3,(H2,16,17,20)/t12-/m1/s1. The van der Waals surface area contributed by atoms with Gasteiger partial charge in [0.15, 0.2) is 0 Å². The van der Waals surface area contributed by atoms with Crippen molar-refractivity contribution in [3.8, 4) is 0 Å². The second-order valence-electron chi connectivity index (χ2n) is 4.71. The Balaban J connectivity index is 2.43. The van der Waals surface area contributed by atoms with Gasteiger partial charge in [-0.1, -0.05) is 0 Å². The summed E-state index contributed by atoms with van der Waals surface area (Å²) in [4.78, 5) is 27.2. The number of halogens is 1. The van der Waals surface area contributed by atoms with Gasteiger partial charge in [-0.05, 0) is 42.8 Å². The number of thiophene rings is 1. The van der Waals surface area contributed by atoms with Crippen LogP contribution in [0, 0.1) is 0 Å². The summed E-state index contributed by atoms with van der Waals surface area (Å²) >= 11 is 4.93. The number of rotatable bonds is 4. The van der Waals surface area contributed by atoms with Crippen LogP contribution in [-0.4, -0.2) is 29.9 Å². The molecule has 1 aliphatic rings. The first kappa shape index (κ1) is 16.0. The highest BCUT2D eigenvalue weighted by atomic mass is 79.9. The van der Waals surface area contributed by atoms with Gasteiger partial charge in [0.1, 0.15) is 0 Å². The Morgan fingerprint density at radius 2 is 2.10 bits per heavy atom. The van der Waals surface area contributed by atoms with Gasteiger partial charge in [-0.15, -0.1) is 11.3 Å². The summed E-state index contributed by atoms with van der Waals surface area (Å²) in [5.74, 6) is -0.0421. The van der Waals surface area contributed by atoms with E-state index in [1.807, 2.05) is 25.3 Å². The minimum absolute atomic E-state index is 0.0421. The predicted octanol–water partition coefficient (Wildman–Crippen LogP) is 3.01. The van der Waals surface area contributed by atoms with Crippen LogP contribution in [0.1, 0.15) is 31.7 Å². The van der Waals surface area contributed by atoms with Crippen LogP contribution >= 0.6 is 27.3 Å². The largest absolute Gasteiger partial charge is 0.339 e. The molecular weight excluding hydrogens is 354 g/mol. The van der Waals surface area contributed by atoms with E-state index in [1.165, 1.54) is 11.3 Å². The van der Waals surface area contributed by atoms with E-state index in [2.05, 4.69) is 26.6 Å². The number of allylic oxidation sites excluding steroid dienone is 1. The van der Waals surface area contributed by atoms with Gasteiger partial charge in [0, 0.05) is 33.5 Å². The topological polar surface area (TPSA) is 61.4 Å². The van der Waals surface area contributed by atoms with Gasteiger partial charge in [0.25, 0.3) is 5.91 Å². The van der Waals surface area contributed by atoms with Gasteiger partial charge >= 0.3 is 6.03 Å². The van der Waals surface area contributed by atoms with Gasteiger partial charge in [-0.3, -0.25) is 4.79 Å². The van der Waals surface area contributed by atoms with E-state index in [9.17, 15) is 9.59 Å². The molecule has 0 bridgehead atoms. The average molecular weight is 372 g/mol. The normalized spacial score (nSPS) is 18.3. The molecular formula is C14H18BrN3O2S. The smallest absolute Gasteiger partial charge is 0.319 e. The van der Waals surface area contributed by atoms with Crippen LogP contribution in [0.3, 0.4) is 0 Å². The van der Waals surface area contributed by atoms with E-state index in [1.54, 1.807) is 11.8 Å². The Morgan fingerprint density at radius 1 is 1.43 bits per heavy atom. The molecule has 0 unspecified atom stereocenters. The number of urea groups is 1. The quantitative estimate of drug-likeness (QED) is 0.854. The summed E-state index contributed by atoms with van der Waals surface area (Å²) in [5.41, 5.74) is 1.22. The van der Waals surface area contributed by atoms with Crippen LogP contribution in [0.2, 0.25) is 0 Å². The highest BCUT2D eigenvalue weighted by molar-refractivity contribution is 9.10. The Bertz CT molecular complexity index is 593. The SMILES string of the molecule is CCN(CC)C(=O)C1=C(C)NC(=O)N[C@@H]1c1cc(Br)cs1. The summed E-state index contributed by atoms with van der Waals surface area (Å²) in [6, 6.07) is 1.25. The molecule has 0 aromatic carbocycles. The van der Waals surface area contributed by atoms with Crippen molar-refractivity contribution in [2.24, 2.45) is 0 Å². The number of carbonyl (C=O) groups excluding carboxylic acids is 2. The molecule has 0 saturated carbocycles. The lowest BCUT2D eigenvalue weighted by Crippen LogP contribution is -2.47. The Kier molecular flexibility index (Phi) is 5.05. The number of hydrogen-bond donors (Lipinski definition) is 2. The van der Waals surface area contributed by atoms with Crippen LogP contribution in [0.4, 0.5) is 4.79 Å². The third-order valence-electron chi connectivity index (χ3n) is 3.42. The van der Waals surface area contributed by atoms with Crippen molar-refractivity contribution in [3.05, 3.63) is 32.1 Å². The van der Waals surface area contributed by atoms with E-state index in [0.717, 1.165) is 9.35 Å². The Labute approximate surface area is 136 Å². The van der Waals surface area contributed by atoms with E-state index < -0.39 is 6.04 Å². The van der Waals surface area contributed by atoms with Crippen LogP contribution in [0.5, 0.6) is 0 Å². The first-order valence-corrected chi connectivity index (χ1v) is 8.46. The third-order valence-corrected chi connectivity index (χ3v) is 5.18. The number of carbonyl (C=O) groups is 2. The maximum atomic E-state index is 12.7. The maximum Gasteiger partial charge on any atom is 0.319 e. The zero-order valence-corrected chi connectivity index (χ0v) is 14.6. The van der Waals surface area contributed by atoms with Crippen molar-refractivity contribution in [3.63, 3.8) is 0 Å². The summed E-state index contributed by atoms with van der Waals surface area (Å²) in [6.45, 7) is 6.94. The minimum atomic E-state index is -0.400. The number of amides is 3. The minimum Gasteiger partial charge on any atom is -0.339 e. The molecule has 1 aromatic rings. The molecule has 3 amide bonds. The summed E-state index contributed by atoms with van der Waals surface area (Å²) in [7, 11) is 0. The van der Waals surface area contributed by atoms with E-state index >= 15 is 0 Å². The summed E-state index contributed by atoms with van der Waals surface area (Å²) in [5, 5.41) is 7.48. The molecule has 0 aliphatic carbocycles. The zero-order chi connectivity index (χ0) is 15.6. The van der Waals surface area contributed by atoms with E-state index in [-0.39, 0.29) is 11.9 Å². The number of nitrogens with zero attached hydrogens (tertiary/aromatic N) is 1. The molecule has 7 heteroatoms. The summed E-state index contributed by atoms with van der Waals surface area (Å²) < 4.78 is 0.947. The van der Waals surface area contributed by atoms with E-state index in [4.69, 9.17) is 0 Å². The molecule has 2 rings (SSSR count). The lowest BCUT2D eigenvalue weighted by Gasteiger charge is -2.30. The molecule has 1 aromatic heterocycles. The van der Waals surface area contributed by atoms with Crippen molar-refractivity contribution in [2.75, 3.05) is 13.1 Å². The maximum absolute atomic E-state index is 12.7. The van der Waals surface area contributed by atoms with Gasteiger partial charge < -0.3 is 15.5 Å².